The molecule has 0 atom stereocenters. The lowest BCUT2D eigenvalue weighted by atomic mass is 10.2. The van der Waals surface area contributed by atoms with Crippen molar-refractivity contribution in [3.8, 4) is 11.6 Å². The average Bonchev–Trinajstić information content (AvgIpc) is 3.27. The van der Waals surface area contributed by atoms with E-state index in [1.807, 2.05) is 42.7 Å². The van der Waals surface area contributed by atoms with Crippen molar-refractivity contribution >= 4 is 28.5 Å². The van der Waals surface area contributed by atoms with E-state index in [4.69, 9.17) is 16.3 Å². The molecule has 0 aliphatic rings. The summed E-state index contributed by atoms with van der Waals surface area (Å²) in [5.41, 5.74) is 1.69. The van der Waals surface area contributed by atoms with Gasteiger partial charge in [0.05, 0.1) is 30.9 Å². The lowest BCUT2D eigenvalue weighted by molar-refractivity contribution is -0.142. The normalized spacial score (nSPS) is 11.0. The fraction of sp³-hybridized carbons (Fsp3) is 0.158. The highest BCUT2D eigenvalue weighted by Gasteiger charge is 2.12. The van der Waals surface area contributed by atoms with E-state index in [2.05, 4.69) is 15.1 Å². The summed E-state index contributed by atoms with van der Waals surface area (Å²) in [5.74, 6) is 0.905. The molecule has 0 aliphatic heterocycles. The predicted molar refractivity (Wildman–Crippen MR) is 101 cm³/mol. The molecule has 0 unspecified atom stereocenters. The topological polar surface area (TPSA) is 74.8 Å². The molecule has 27 heavy (non-hydrogen) atoms. The van der Waals surface area contributed by atoms with Crippen molar-refractivity contribution in [3.63, 3.8) is 0 Å². The molecule has 8 heteroatoms. The maximum Gasteiger partial charge on any atom is 0.310 e. The molecule has 0 aliphatic carbocycles. The molecule has 0 bridgehead atoms. The third-order valence-corrected chi connectivity index (χ3v) is 4.32. The Morgan fingerprint density at radius 3 is 2.85 bits per heavy atom. The van der Waals surface area contributed by atoms with Gasteiger partial charge in [0.2, 0.25) is 0 Å². The molecule has 7 nitrogen and oxygen atoms in total. The summed E-state index contributed by atoms with van der Waals surface area (Å²) in [6.07, 6.45) is 7.15. The highest BCUT2D eigenvalue weighted by molar-refractivity contribution is 6.34. The summed E-state index contributed by atoms with van der Waals surface area (Å²) < 4.78 is 8.45. The largest absolute Gasteiger partial charge is 0.466 e. The first-order valence-corrected chi connectivity index (χ1v) is 8.82. The van der Waals surface area contributed by atoms with Crippen LogP contribution in [-0.4, -0.2) is 36.9 Å². The number of fused-ring (bicyclic) bond motifs is 1. The van der Waals surface area contributed by atoms with E-state index < -0.39 is 0 Å². The molecular weight excluding hydrogens is 366 g/mol. The SMILES string of the molecule is CCOC(=O)Cc1ccn(-c2cncc(-n3nc(Cl)c4ccccc43)n2)c1. The molecule has 1 aromatic carbocycles. The summed E-state index contributed by atoms with van der Waals surface area (Å²) in [7, 11) is 0. The number of ether oxygens (including phenoxy) is 1. The lowest BCUT2D eigenvalue weighted by Crippen LogP contribution is -2.07. The summed E-state index contributed by atoms with van der Waals surface area (Å²) >= 11 is 6.23. The molecule has 0 radical (unpaired) electrons. The van der Waals surface area contributed by atoms with Crippen molar-refractivity contribution in [2.75, 3.05) is 6.61 Å². The van der Waals surface area contributed by atoms with Crippen molar-refractivity contribution < 1.29 is 9.53 Å². The predicted octanol–water partition coefficient (Wildman–Crippen LogP) is 3.37. The van der Waals surface area contributed by atoms with Crippen LogP contribution in [0.5, 0.6) is 0 Å². The maximum atomic E-state index is 11.6. The Morgan fingerprint density at radius 2 is 2.00 bits per heavy atom. The quantitative estimate of drug-likeness (QED) is 0.495. The van der Waals surface area contributed by atoms with Crippen molar-refractivity contribution in [3.05, 3.63) is 65.8 Å². The minimum atomic E-state index is -0.257. The summed E-state index contributed by atoms with van der Waals surface area (Å²) in [4.78, 5) is 20.5. The maximum absolute atomic E-state index is 11.6. The second-order valence-electron chi connectivity index (χ2n) is 5.86. The van der Waals surface area contributed by atoms with E-state index in [1.54, 1.807) is 28.6 Å². The van der Waals surface area contributed by atoms with Crippen LogP contribution < -0.4 is 0 Å². The molecule has 0 fully saturated rings. The smallest absolute Gasteiger partial charge is 0.310 e. The zero-order valence-electron chi connectivity index (χ0n) is 14.5. The van der Waals surface area contributed by atoms with Crippen LogP contribution in [-0.2, 0) is 16.0 Å². The average molecular weight is 382 g/mol. The van der Waals surface area contributed by atoms with E-state index in [1.165, 1.54) is 0 Å². The number of aromatic nitrogens is 5. The Bertz CT molecular complexity index is 1120. The standard InChI is InChI=1S/C19H16ClN5O2/c1-2-27-18(26)9-13-7-8-24(12-13)16-10-21-11-17(22-16)25-15-6-4-3-5-14(15)19(20)23-25/h3-8,10-12H,2,9H2,1H3. The van der Waals surface area contributed by atoms with Crippen molar-refractivity contribution in [1.82, 2.24) is 24.3 Å². The van der Waals surface area contributed by atoms with Crippen LogP contribution in [0.3, 0.4) is 0 Å². The Balaban J connectivity index is 1.67. The van der Waals surface area contributed by atoms with E-state index in [-0.39, 0.29) is 12.4 Å². The molecule has 4 aromatic rings. The van der Waals surface area contributed by atoms with E-state index >= 15 is 0 Å². The van der Waals surface area contributed by atoms with Gasteiger partial charge < -0.3 is 9.30 Å². The molecule has 0 amide bonds. The fourth-order valence-corrected chi connectivity index (χ4v) is 3.08. The number of benzene rings is 1. The molecular formula is C19H16ClN5O2. The second-order valence-corrected chi connectivity index (χ2v) is 6.22. The minimum absolute atomic E-state index is 0.216. The fourth-order valence-electron chi connectivity index (χ4n) is 2.84. The van der Waals surface area contributed by atoms with Gasteiger partial charge in [0.25, 0.3) is 0 Å². The number of nitrogens with zero attached hydrogens (tertiary/aromatic N) is 5. The summed E-state index contributed by atoms with van der Waals surface area (Å²) in [5, 5.41) is 5.63. The zero-order valence-corrected chi connectivity index (χ0v) is 15.3. The number of esters is 1. The Kier molecular flexibility index (Phi) is 4.60. The van der Waals surface area contributed by atoms with Gasteiger partial charge in [0, 0.05) is 17.8 Å². The van der Waals surface area contributed by atoms with Crippen LogP contribution in [0.4, 0.5) is 0 Å². The van der Waals surface area contributed by atoms with Crippen LogP contribution in [0, 0.1) is 0 Å². The molecule has 3 aromatic heterocycles. The van der Waals surface area contributed by atoms with Crippen molar-refractivity contribution in [1.29, 1.82) is 0 Å². The number of hydrogen-bond donors (Lipinski definition) is 0. The molecule has 0 saturated heterocycles. The molecule has 0 saturated carbocycles. The molecule has 3 heterocycles. The van der Waals surface area contributed by atoms with E-state index in [9.17, 15) is 4.79 Å². The van der Waals surface area contributed by atoms with Gasteiger partial charge in [-0.3, -0.25) is 9.78 Å². The number of halogens is 1. The first-order valence-electron chi connectivity index (χ1n) is 8.44. The third-order valence-electron chi connectivity index (χ3n) is 4.04. The highest BCUT2D eigenvalue weighted by Crippen LogP contribution is 2.24. The van der Waals surface area contributed by atoms with Crippen molar-refractivity contribution in [2.45, 2.75) is 13.3 Å². The van der Waals surface area contributed by atoms with Gasteiger partial charge in [-0.05, 0) is 30.7 Å². The molecule has 0 N–H and O–H groups in total. The van der Waals surface area contributed by atoms with Crippen LogP contribution in [0.2, 0.25) is 5.15 Å². The van der Waals surface area contributed by atoms with Gasteiger partial charge >= 0.3 is 5.97 Å². The van der Waals surface area contributed by atoms with Gasteiger partial charge in [-0.15, -0.1) is 0 Å². The second kappa shape index (κ2) is 7.20. The number of para-hydroxylation sites is 1. The third kappa shape index (κ3) is 3.41. The number of rotatable bonds is 5. The number of hydrogen-bond acceptors (Lipinski definition) is 5. The molecule has 136 valence electrons. The molecule has 0 spiro atoms. The Hall–Kier alpha value is -3.19. The molecule has 4 rings (SSSR count). The first kappa shape index (κ1) is 17.2. The summed E-state index contributed by atoms with van der Waals surface area (Å²) in [6.45, 7) is 2.16. The van der Waals surface area contributed by atoms with Gasteiger partial charge in [-0.25, -0.2) is 9.67 Å². The van der Waals surface area contributed by atoms with Crippen LogP contribution in [0.25, 0.3) is 22.5 Å². The van der Waals surface area contributed by atoms with Gasteiger partial charge in [0.15, 0.2) is 16.8 Å². The minimum Gasteiger partial charge on any atom is -0.466 e. The van der Waals surface area contributed by atoms with Gasteiger partial charge in [0.1, 0.15) is 0 Å². The van der Waals surface area contributed by atoms with Crippen molar-refractivity contribution in [2.24, 2.45) is 0 Å². The van der Waals surface area contributed by atoms with Gasteiger partial charge in [-0.2, -0.15) is 5.10 Å². The van der Waals surface area contributed by atoms with E-state index in [0.29, 0.717) is 23.4 Å². The number of carbonyl (C=O) groups excluding carboxylic acids is 1. The summed E-state index contributed by atoms with van der Waals surface area (Å²) in [6, 6.07) is 9.52. The van der Waals surface area contributed by atoms with Crippen LogP contribution >= 0.6 is 11.6 Å². The first-order chi connectivity index (χ1) is 13.2. The Labute approximate surface area is 160 Å². The monoisotopic (exact) mass is 381 g/mol. The number of carbonyl (C=O) groups is 1. The highest BCUT2D eigenvalue weighted by atomic mass is 35.5. The lowest BCUT2D eigenvalue weighted by Gasteiger charge is -2.06. The van der Waals surface area contributed by atoms with Gasteiger partial charge in [-0.1, -0.05) is 23.7 Å². The van der Waals surface area contributed by atoms with Crippen LogP contribution in [0.15, 0.2) is 55.1 Å². The zero-order chi connectivity index (χ0) is 18.8. The van der Waals surface area contributed by atoms with Crippen LogP contribution in [0.1, 0.15) is 12.5 Å². The Morgan fingerprint density at radius 1 is 1.19 bits per heavy atom. The van der Waals surface area contributed by atoms with E-state index in [0.717, 1.165) is 16.5 Å².